The molecule has 1 N–H and O–H groups in total. The summed E-state index contributed by atoms with van der Waals surface area (Å²) in [6, 6.07) is 5.89. The van der Waals surface area contributed by atoms with Crippen molar-refractivity contribution in [2.75, 3.05) is 13.7 Å². The molecule has 0 aliphatic rings. The van der Waals surface area contributed by atoms with Crippen LogP contribution in [0.1, 0.15) is 17.5 Å². The lowest BCUT2D eigenvalue weighted by Crippen LogP contribution is -2.13. The van der Waals surface area contributed by atoms with Gasteiger partial charge in [0.1, 0.15) is 23.1 Å². The van der Waals surface area contributed by atoms with Crippen molar-refractivity contribution in [3.63, 3.8) is 0 Å². The SMILES string of the molecule is CCNCc1ccc(OC)cc1OCc1nccs1. The van der Waals surface area contributed by atoms with Crippen molar-refractivity contribution >= 4 is 11.3 Å². The van der Waals surface area contributed by atoms with Gasteiger partial charge in [0.05, 0.1) is 7.11 Å². The molecule has 0 saturated heterocycles. The first-order chi connectivity index (χ1) is 9.33. The molecule has 2 aromatic rings. The molecular formula is C14H18N2O2S. The number of nitrogens with one attached hydrogen (secondary N) is 1. The summed E-state index contributed by atoms with van der Waals surface area (Å²) >= 11 is 1.59. The van der Waals surface area contributed by atoms with Crippen molar-refractivity contribution in [3.05, 3.63) is 40.3 Å². The number of hydrogen-bond acceptors (Lipinski definition) is 5. The summed E-state index contributed by atoms with van der Waals surface area (Å²) in [4.78, 5) is 4.21. The van der Waals surface area contributed by atoms with Gasteiger partial charge in [-0.25, -0.2) is 4.98 Å². The molecule has 102 valence electrons. The molecule has 2 rings (SSSR count). The van der Waals surface area contributed by atoms with Crippen molar-refractivity contribution in [3.8, 4) is 11.5 Å². The van der Waals surface area contributed by atoms with Crippen LogP contribution in [0.4, 0.5) is 0 Å². The quantitative estimate of drug-likeness (QED) is 0.846. The van der Waals surface area contributed by atoms with Crippen LogP contribution in [0.25, 0.3) is 0 Å². The fraction of sp³-hybridized carbons (Fsp3) is 0.357. The zero-order valence-electron chi connectivity index (χ0n) is 11.2. The molecule has 4 nitrogen and oxygen atoms in total. The summed E-state index contributed by atoms with van der Waals surface area (Å²) in [5, 5.41) is 6.22. The topological polar surface area (TPSA) is 43.4 Å². The number of rotatable bonds is 7. The monoisotopic (exact) mass is 278 g/mol. The predicted molar refractivity (Wildman–Crippen MR) is 76.8 cm³/mol. The van der Waals surface area contributed by atoms with Crippen LogP contribution in [0.2, 0.25) is 0 Å². The summed E-state index contributed by atoms with van der Waals surface area (Å²) in [7, 11) is 1.66. The van der Waals surface area contributed by atoms with E-state index >= 15 is 0 Å². The summed E-state index contributed by atoms with van der Waals surface area (Å²) in [6.45, 7) is 4.29. The zero-order valence-corrected chi connectivity index (χ0v) is 12.0. The van der Waals surface area contributed by atoms with Gasteiger partial charge < -0.3 is 14.8 Å². The van der Waals surface area contributed by atoms with Crippen LogP contribution < -0.4 is 14.8 Å². The van der Waals surface area contributed by atoms with Gasteiger partial charge in [-0.05, 0) is 12.6 Å². The highest BCUT2D eigenvalue weighted by Gasteiger charge is 2.07. The van der Waals surface area contributed by atoms with E-state index in [1.54, 1.807) is 24.6 Å². The Labute approximate surface area is 117 Å². The van der Waals surface area contributed by atoms with E-state index in [9.17, 15) is 0 Å². The molecule has 0 radical (unpaired) electrons. The molecule has 5 heteroatoms. The van der Waals surface area contributed by atoms with Crippen LogP contribution in [0.15, 0.2) is 29.8 Å². The van der Waals surface area contributed by atoms with E-state index in [0.29, 0.717) is 6.61 Å². The standard InChI is InChI=1S/C14H18N2O2S/c1-3-15-9-11-4-5-12(17-2)8-13(11)18-10-14-16-6-7-19-14/h4-8,15H,3,9-10H2,1-2H3. The Morgan fingerprint density at radius 1 is 1.37 bits per heavy atom. The number of ether oxygens (including phenoxy) is 2. The maximum atomic E-state index is 5.85. The fourth-order valence-corrected chi connectivity index (χ4v) is 2.19. The van der Waals surface area contributed by atoms with Crippen molar-refractivity contribution in [1.29, 1.82) is 0 Å². The lowest BCUT2D eigenvalue weighted by Gasteiger charge is -2.12. The molecule has 1 aromatic heterocycles. The van der Waals surface area contributed by atoms with Gasteiger partial charge in [-0.2, -0.15) is 0 Å². The van der Waals surface area contributed by atoms with Gasteiger partial charge >= 0.3 is 0 Å². The maximum absolute atomic E-state index is 5.85. The van der Waals surface area contributed by atoms with Gasteiger partial charge in [-0.15, -0.1) is 11.3 Å². The van der Waals surface area contributed by atoms with Crippen molar-refractivity contribution in [1.82, 2.24) is 10.3 Å². The Hall–Kier alpha value is -1.59. The Balaban J connectivity index is 2.10. The van der Waals surface area contributed by atoms with E-state index in [1.165, 1.54) is 0 Å². The third-order valence-corrected chi connectivity index (χ3v) is 3.43. The number of aromatic nitrogens is 1. The summed E-state index contributed by atoms with van der Waals surface area (Å²) < 4.78 is 11.1. The molecule has 0 atom stereocenters. The normalized spacial score (nSPS) is 10.4. The second-order valence-corrected chi connectivity index (χ2v) is 4.95. The van der Waals surface area contributed by atoms with E-state index in [2.05, 4.69) is 17.2 Å². The van der Waals surface area contributed by atoms with Gasteiger partial charge in [0.25, 0.3) is 0 Å². The Morgan fingerprint density at radius 3 is 2.95 bits per heavy atom. The molecule has 0 amide bonds. The number of hydrogen-bond donors (Lipinski definition) is 1. The molecule has 0 spiro atoms. The molecule has 0 aliphatic carbocycles. The molecule has 0 fully saturated rings. The molecule has 0 bridgehead atoms. The molecule has 0 aliphatic heterocycles. The number of nitrogens with zero attached hydrogens (tertiary/aromatic N) is 1. The third kappa shape index (κ3) is 3.94. The average molecular weight is 278 g/mol. The number of thiazole rings is 1. The van der Waals surface area contributed by atoms with Gasteiger partial charge in [0.15, 0.2) is 0 Å². The molecule has 0 saturated carbocycles. The second kappa shape index (κ2) is 7.11. The van der Waals surface area contributed by atoms with E-state index in [1.807, 2.05) is 23.6 Å². The molecular weight excluding hydrogens is 260 g/mol. The average Bonchev–Trinajstić information content (AvgIpc) is 2.96. The highest BCUT2D eigenvalue weighted by molar-refractivity contribution is 7.09. The summed E-state index contributed by atoms with van der Waals surface area (Å²) in [5.41, 5.74) is 1.12. The smallest absolute Gasteiger partial charge is 0.140 e. The third-order valence-electron chi connectivity index (χ3n) is 2.67. The minimum Gasteiger partial charge on any atom is -0.497 e. The molecule has 0 unspecified atom stereocenters. The van der Waals surface area contributed by atoms with Gasteiger partial charge in [-0.3, -0.25) is 0 Å². The summed E-state index contributed by atoms with van der Waals surface area (Å²) in [5.74, 6) is 1.64. The van der Waals surface area contributed by atoms with Crippen molar-refractivity contribution in [2.24, 2.45) is 0 Å². The van der Waals surface area contributed by atoms with Crippen molar-refractivity contribution < 1.29 is 9.47 Å². The molecule has 19 heavy (non-hydrogen) atoms. The van der Waals surface area contributed by atoms with Crippen molar-refractivity contribution in [2.45, 2.75) is 20.1 Å². The number of methoxy groups -OCH3 is 1. The molecule has 1 heterocycles. The van der Waals surface area contributed by atoms with Crippen LogP contribution >= 0.6 is 11.3 Å². The Kier molecular flexibility index (Phi) is 5.18. The van der Waals surface area contributed by atoms with E-state index < -0.39 is 0 Å². The predicted octanol–water partition coefficient (Wildman–Crippen LogP) is 2.84. The first kappa shape index (κ1) is 13.8. The Bertz CT molecular complexity index is 500. The minimum absolute atomic E-state index is 0.490. The first-order valence-electron chi connectivity index (χ1n) is 6.22. The summed E-state index contributed by atoms with van der Waals surface area (Å²) in [6.07, 6.45) is 1.79. The number of benzene rings is 1. The first-order valence-corrected chi connectivity index (χ1v) is 7.10. The highest BCUT2D eigenvalue weighted by Crippen LogP contribution is 2.25. The van der Waals surface area contributed by atoms with Crippen LogP contribution in [0, 0.1) is 0 Å². The molecule has 1 aromatic carbocycles. The van der Waals surface area contributed by atoms with Gasteiger partial charge in [0.2, 0.25) is 0 Å². The lowest BCUT2D eigenvalue weighted by atomic mass is 10.2. The maximum Gasteiger partial charge on any atom is 0.140 e. The van der Waals surface area contributed by atoms with E-state index in [0.717, 1.165) is 35.2 Å². The minimum atomic E-state index is 0.490. The van der Waals surface area contributed by atoms with Gasteiger partial charge in [0, 0.05) is 29.8 Å². The van der Waals surface area contributed by atoms with E-state index in [-0.39, 0.29) is 0 Å². The lowest BCUT2D eigenvalue weighted by molar-refractivity contribution is 0.299. The fourth-order valence-electron chi connectivity index (χ4n) is 1.67. The van der Waals surface area contributed by atoms with Crippen LogP contribution in [-0.4, -0.2) is 18.6 Å². The van der Waals surface area contributed by atoms with Crippen LogP contribution in [0.3, 0.4) is 0 Å². The van der Waals surface area contributed by atoms with Crippen LogP contribution in [-0.2, 0) is 13.2 Å². The van der Waals surface area contributed by atoms with Gasteiger partial charge in [-0.1, -0.05) is 13.0 Å². The second-order valence-electron chi connectivity index (χ2n) is 3.97. The van der Waals surface area contributed by atoms with E-state index in [4.69, 9.17) is 9.47 Å². The van der Waals surface area contributed by atoms with Crippen LogP contribution in [0.5, 0.6) is 11.5 Å². The zero-order chi connectivity index (χ0) is 13.5. The largest absolute Gasteiger partial charge is 0.497 e. The highest BCUT2D eigenvalue weighted by atomic mass is 32.1. The Morgan fingerprint density at radius 2 is 2.26 bits per heavy atom.